The number of hydrogen-bond acceptors (Lipinski definition) is 3. The summed E-state index contributed by atoms with van der Waals surface area (Å²) in [6.07, 6.45) is 6.11. The molecule has 0 aromatic rings. The molecule has 0 heterocycles. The number of quaternary nitrogens is 1. The molecule has 0 rings (SSSR count). The van der Waals surface area contributed by atoms with Gasteiger partial charge >= 0.3 is 11.9 Å². The Morgan fingerprint density at radius 3 is 2.25 bits per heavy atom. The summed E-state index contributed by atoms with van der Waals surface area (Å²) >= 11 is 0. The standard InChI is InChI=1S/C15H27NO4/c1-4-15(19)20-13-9-5-7-11-16(2,3)12-8-6-10-14(17)18/h4H,1,5-13H2,2-3H3/p+1. The first-order chi connectivity index (χ1) is 9.37. The molecule has 0 unspecified atom stereocenters. The van der Waals surface area contributed by atoms with E-state index in [1.807, 2.05) is 0 Å². The topological polar surface area (TPSA) is 63.6 Å². The molecule has 5 heteroatoms. The van der Waals surface area contributed by atoms with Crippen molar-refractivity contribution in [3.8, 4) is 0 Å². The molecular formula is C15H28NO4+. The van der Waals surface area contributed by atoms with E-state index >= 15 is 0 Å². The summed E-state index contributed by atoms with van der Waals surface area (Å²) in [6, 6.07) is 0. The van der Waals surface area contributed by atoms with Gasteiger partial charge in [0.25, 0.3) is 0 Å². The Morgan fingerprint density at radius 1 is 1.10 bits per heavy atom. The van der Waals surface area contributed by atoms with Gasteiger partial charge in [0, 0.05) is 12.5 Å². The smallest absolute Gasteiger partial charge is 0.330 e. The molecule has 116 valence electrons. The van der Waals surface area contributed by atoms with Gasteiger partial charge in [-0.25, -0.2) is 4.79 Å². The quantitative estimate of drug-likeness (QED) is 0.258. The second-order valence-electron chi connectivity index (χ2n) is 5.67. The van der Waals surface area contributed by atoms with Crippen LogP contribution >= 0.6 is 0 Å². The first-order valence-electron chi connectivity index (χ1n) is 7.20. The zero-order chi connectivity index (χ0) is 15.4. The van der Waals surface area contributed by atoms with E-state index in [-0.39, 0.29) is 12.4 Å². The van der Waals surface area contributed by atoms with E-state index in [9.17, 15) is 9.59 Å². The number of ether oxygens (including phenoxy) is 1. The Balaban J connectivity index is 3.54. The van der Waals surface area contributed by atoms with Crippen molar-refractivity contribution >= 4 is 11.9 Å². The van der Waals surface area contributed by atoms with Crippen LogP contribution < -0.4 is 0 Å². The van der Waals surface area contributed by atoms with Gasteiger partial charge in [0.2, 0.25) is 0 Å². The maximum absolute atomic E-state index is 10.8. The number of nitrogens with zero attached hydrogens (tertiary/aromatic N) is 1. The Labute approximate surface area is 121 Å². The first-order valence-corrected chi connectivity index (χ1v) is 7.20. The third-order valence-corrected chi connectivity index (χ3v) is 3.22. The van der Waals surface area contributed by atoms with E-state index in [2.05, 4.69) is 20.7 Å². The summed E-state index contributed by atoms with van der Waals surface area (Å²) in [5, 5.41) is 8.58. The highest BCUT2D eigenvalue weighted by Gasteiger charge is 2.14. The molecule has 0 bridgehead atoms. The van der Waals surface area contributed by atoms with Gasteiger partial charge in [0.05, 0.1) is 33.8 Å². The molecule has 0 aromatic heterocycles. The molecule has 20 heavy (non-hydrogen) atoms. The minimum absolute atomic E-state index is 0.259. The second-order valence-corrected chi connectivity index (χ2v) is 5.67. The van der Waals surface area contributed by atoms with Crippen molar-refractivity contribution in [1.29, 1.82) is 0 Å². The summed E-state index contributed by atoms with van der Waals surface area (Å²) < 4.78 is 5.82. The fraction of sp³-hybridized carbons (Fsp3) is 0.733. The lowest BCUT2D eigenvalue weighted by atomic mass is 10.2. The van der Waals surface area contributed by atoms with Crippen molar-refractivity contribution in [2.45, 2.75) is 38.5 Å². The van der Waals surface area contributed by atoms with Crippen LogP contribution in [0.15, 0.2) is 12.7 Å². The lowest BCUT2D eigenvalue weighted by Crippen LogP contribution is -2.41. The highest BCUT2D eigenvalue weighted by molar-refractivity contribution is 5.81. The summed E-state index contributed by atoms with van der Waals surface area (Å²) in [5.41, 5.74) is 0. The Bertz CT molecular complexity index is 313. The Morgan fingerprint density at radius 2 is 1.70 bits per heavy atom. The zero-order valence-electron chi connectivity index (χ0n) is 12.8. The van der Waals surface area contributed by atoms with Gasteiger partial charge in [-0.15, -0.1) is 0 Å². The molecule has 0 aliphatic carbocycles. The summed E-state index contributed by atoms with van der Waals surface area (Å²) in [4.78, 5) is 21.2. The SMILES string of the molecule is C=CC(=O)OCCCCC[N+](C)(C)CCCCC(=O)O. The van der Waals surface area contributed by atoms with Gasteiger partial charge in [0.15, 0.2) is 0 Å². The number of carbonyl (C=O) groups is 2. The Hall–Kier alpha value is -1.36. The van der Waals surface area contributed by atoms with Gasteiger partial charge in [-0.1, -0.05) is 6.58 Å². The lowest BCUT2D eigenvalue weighted by Gasteiger charge is -2.29. The highest BCUT2D eigenvalue weighted by Crippen LogP contribution is 2.07. The zero-order valence-corrected chi connectivity index (χ0v) is 12.8. The minimum atomic E-state index is -0.718. The monoisotopic (exact) mass is 286 g/mol. The van der Waals surface area contributed by atoms with Gasteiger partial charge in [-0.3, -0.25) is 4.79 Å². The third-order valence-electron chi connectivity index (χ3n) is 3.22. The van der Waals surface area contributed by atoms with E-state index in [1.54, 1.807) is 0 Å². The van der Waals surface area contributed by atoms with Crippen LogP contribution in [0.5, 0.6) is 0 Å². The lowest BCUT2D eigenvalue weighted by molar-refractivity contribution is -0.890. The molecule has 0 saturated carbocycles. The van der Waals surface area contributed by atoms with Crippen molar-refractivity contribution in [2.24, 2.45) is 0 Å². The maximum Gasteiger partial charge on any atom is 0.330 e. The van der Waals surface area contributed by atoms with Crippen LogP contribution in [0.25, 0.3) is 0 Å². The molecule has 0 aliphatic rings. The number of unbranched alkanes of at least 4 members (excludes halogenated alkanes) is 3. The fourth-order valence-corrected chi connectivity index (χ4v) is 1.98. The molecular weight excluding hydrogens is 258 g/mol. The molecule has 0 amide bonds. The molecule has 0 aliphatic heterocycles. The average molecular weight is 286 g/mol. The summed E-state index contributed by atoms with van der Waals surface area (Å²) in [7, 11) is 4.33. The van der Waals surface area contributed by atoms with Crippen LogP contribution in [-0.4, -0.2) is 55.3 Å². The number of rotatable bonds is 12. The van der Waals surface area contributed by atoms with Crippen molar-refractivity contribution in [1.82, 2.24) is 0 Å². The minimum Gasteiger partial charge on any atom is -0.481 e. The van der Waals surface area contributed by atoms with Crippen LogP contribution in [0.3, 0.4) is 0 Å². The highest BCUT2D eigenvalue weighted by atomic mass is 16.5. The number of carbonyl (C=O) groups excluding carboxylic acids is 1. The van der Waals surface area contributed by atoms with Gasteiger partial charge < -0.3 is 14.3 Å². The van der Waals surface area contributed by atoms with E-state index in [0.717, 1.165) is 49.7 Å². The van der Waals surface area contributed by atoms with Crippen LogP contribution in [-0.2, 0) is 14.3 Å². The normalized spacial score (nSPS) is 11.1. The number of carboxylic acids is 1. The van der Waals surface area contributed by atoms with Crippen LogP contribution in [0, 0.1) is 0 Å². The van der Waals surface area contributed by atoms with Gasteiger partial charge in [0.1, 0.15) is 0 Å². The van der Waals surface area contributed by atoms with Crippen LogP contribution in [0.2, 0.25) is 0 Å². The first kappa shape index (κ1) is 18.6. The molecule has 0 atom stereocenters. The van der Waals surface area contributed by atoms with Gasteiger partial charge in [-0.05, 0) is 32.1 Å². The third kappa shape index (κ3) is 11.7. The van der Waals surface area contributed by atoms with Gasteiger partial charge in [-0.2, -0.15) is 0 Å². The molecule has 0 saturated heterocycles. The predicted octanol–water partition coefficient (Wildman–Crippen LogP) is 2.22. The predicted molar refractivity (Wildman–Crippen MR) is 78.3 cm³/mol. The van der Waals surface area contributed by atoms with Crippen molar-refractivity contribution < 1.29 is 23.9 Å². The van der Waals surface area contributed by atoms with Crippen molar-refractivity contribution in [3.05, 3.63) is 12.7 Å². The maximum atomic E-state index is 10.8. The average Bonchev–Trinajstić information content (AvgIpc) is 2.38. The fourth-order valence-electron chi connectivity index (χ4n) is 1.98. The molecule has 1 N–H and O–H groups in total. The molecule has 0 radical (unpaired) electrons. The van der Waals surface area contributed by atoms with Crippen molar-refractivity contribution in [3.63, 3.8) is 0 Å². The molecule has 0 fully saturated rings. The van der Waals surface area contributed by atoms with E-state index in [0.29, 0.717) is 6.61 Å². The van der Waals surface area contributed by atoms with Crippen LogP contribution in [0.1, 0.15) is 38.5 Å². The second kappa shape index (κ2) is 10.4. The molecule has 0 aromatic carbocycles. The number of esters is 1. The van der Waals surface area contributed by atoms with E-state index < -0.39 is 5.97 Å². The molecule has 0 spiro atoms. The Kier molecular flexibility index (Phi) is 9.72. The van der Waals surface area contributed by atoms with E-state index in [1.165, 1.54) is 6.08 Å². The van der Waals surface area contributed by atoms with E-state index in [4.69, 9.17) is 9.84 Å². The summed E-state index contributed by atoms with van der Waals surface area (Å²) in [6.45, 7) is 5.85. The van der Waals surface area contributed by atoms with Crippen LogP contribution in [0.4, 0.5) is 0 Å². The number of hydrogen-bond donors (Lipinski definition) is 1. The number of aliphatic carboxylic acids is 1. The summed E-state index contributed by atoms with van der Waals surface area (Å²) in [5.74, 6) is -1.08. The number of carboxylic acid groups (broad SMARTS) is 1. The van der Waals surface area contributed by atoms with Crippen molar-refractivity contribution in [2.75, 3.05) is 33.8 Å². The molecule has 5 nitrogen and oxygen atoms in total. The largest absolute Gasteiger partial charge is 0.481 e.